The Morgan fingerprint density at radius 1 is 1.17 bits per heavy atom. The Balaban J connectivity index is 2.47. The maximum atomic E-state index is 11.2. The van der Waals surface area contributed by atoms with Gasteiger partial charge in [0.1, 0.15) is 5.75 Å². The first-order valence-corrected chi connectivity index (χ1v) is 6.16. The average molecular weight is 307 g/mol. The average Bonchev–Trinajstić information content (AvgIpc) is 2.33. The number of hydrogen-bond acceptors (Lipinski definition) is 2. The lowest BCUT2D eigenvalue weighted by molar-refractivity contribution is 0.0695. The van der Waals surface area contributed by atoms with Gasteiger partial charge in [-0.1, -0.05) is 46.3 Å². The Kier molecular flexibility index (Phi) is 3.67. The normalized spacial score (nSPS) is 10.3. The van der Waals surface area contributed by atoms with Crippen molar-refractivity contribution in [3.8, 4) is 5.75 Å². The van der Waals surface area contributed by atoms with Gasteiger partial charge in [-0.2, -0.15) is 0 Å². The molecule has 0 aliphatic carbocycles. The lowest BCUT2D eigenvalue weighted by atomic mass is 9.99. The number of carboxylic acids is 1. The number of aromatic hydroxyl groups is 1. The first-order valence-electron chi connectivity index (χ1n) is 5.36. The maximum absolute atomic E-state index is 11.2. The second-order valence-corrected chi connectivity index (χ2v) is 4.78. The highest BCUT2D eigenvalue weighted by Gasteiger charge is 2.15. The minimum Gasteiger partial charge on any atom is -0.508 e. The van der Waals surface area contributed by atoms with E-state index in [1.54, 1.807) is 0 Å². The summed E-state index contributed by atoms with van der Waals surface area (Å²) in [5.41, 5.74) is 1.80. The molecule has 0 fully saturated rings. The number of phenols is 1. The number of halogens is 1. The first kappa shape index (κ1) is 12.6. The molecule has 0 heterocycles. The quantitative estimate of drug-likeness (QED) is 0.913. The second kappa shape index (κ2) is 5.23. The fourth-order valence-electron chi connectivity index (χ4n) is 1.79. The fourth-order valence-corrected chi connectivity index (χ4v) is 2.38. The number of rotatable bonds is 3. The van der Waals surface area contributed by atoms with Crippen molar-refractivity contribution in [3.05, 3.63) is 63.6 Å². The van der Waals surface area contributed by atoms with Gasteiger partial charge >= 0.3 is 5.97 Å². The third kappa shape index (κ3) is 2.71. The zero-order valence-corrected chi connectivity index (χ0v) is 11.0. The van der Waals surface area contributed by atoms with Crippen molar-refractivity contribution in [2.24, 2.45) is 0 Å². The van der Waals surface area contributed by atoms with Crippen LogP contribution in [0.4, 0.5) is 0 Å². The molecule has 0 aromatic heterocycles. The van der Waals surface area contributed by atoms with E-state index in [2.05, 4.69) is 15.9 Å². The van der Waals surface area contributed by atoms with E-state index in [9.17, 15) is 9.90 Å². The molecule has 0 aliphatic rings. The van der Waals surface area contributed by atoms with Crippen molar-refractivity contribution in [2.45, 2.75) is 6.42 Å². The Morgan fingerprint density at radius 2 is 1.83 bits per heavy atom. The van der Waals surface area contributed by atoms with Gasteiger partial charge in [0.2, 0.25) is 0 Å². The van der Waals surface area contributed by atoms with Gasteiger partial charge in [0.05, 0.1) is 5.56 Å². The zero-order valence-electron chi connectivity index (χ0n) is 9.43. The van der Waals surface area contributed by atoms with Crippen LogP contribution in [0.2, 0.25) is 0 Å². The van der Waals surface area contributed by atoms with E-state index in [1.165, 1.54) is 12.1 Å². The van der Waals surface area contributed by atoms with E-state index >= 15 is 0 Å². The van der Waals surface area contributed by atoms with Crippen molar-refractivity contribution in [2.75, 3.05) is 0 Å². The molecule has 0 saturated carbocycles. The first-order chi connectivity index (χ1) is 8.58. The van der Waals surface area contributed by atoms with E-state index in [-0.39, 0.29) is 11.3 Å². The Hall–Kier alpha value is -1.81. The van der Waals surface area contributed by atoms with Crippen LogP contribution in [-0.4, -0.2) is 16.2 Å². The second-order valence-electron chi connectivity index (χ2n) is 3.92. The molecule has 18 heavy (non-hydrogen) atoms. The van der Waals surface area contributed by atoms with E-state index in [1.807, 2.05) is 30.3 Å². The Bertz CT molecular complexity index is 579. The number of aromatic carboxylic acids is 1. The molecule has 0 atom stereocenters. The number of carboxylic acid groups (broad SMARTS) is 1. The van der Waals surface area contributed by atoms with Crippen molar-refractivity contribution >= 4 is 21.9 Å². The SMILES string of the molecule is O=C(O)c1cc(O)cc(Br)c1Cc1ccccc1. The van der Waals surface area contributed by atoms with E-state index < -0.39 is 5.97 Å². The summed E-state index contributed by atoms with van der Waals surface area (Å²) in [5, 5.41) is 18.6. The van der Waals surface area contributed by atoms with E-state index in [0.717, 1.165) is 5.56 Å². The largest absolute Gasteiger partial charge is 0.508 e. The molecule has 4 heteroatoms. The zero-order chi connectivity index (χ0) is 13.1. The molecule has 92 valence electrons. The molecule has 2 rings (SSSR count). The van der Waals surface area contributed by atoms with Crippen LogP contribution < -0.4 is 0 Å². The van der Waals surface area contributed by atoms with Crippen LogP contribution in [0.5, 0.6) is 5.75 Å². The third-order valence-electron chi connectivity index (χ3n) is 2.63. The van der Waals surface area contributed by atoms with Gasteiger partial charge in [-0.05, 0) is 29.7 Å². The molecule has 0 aliphatic heterocycles. The Labute approximate surface area is 113 Å². The summed E-state index contributed by atoms with van der Waals surface area (Å²) in [4.78, 5) is 11.2. The van der Waals surface area contributed by atoms with Gasteiger partial charge in [0.15, 0.2) is 0 Å². The minimum atomic E-state index is -1.04. The van der Waals surface area contributed by atoms with Crippen LogP contribution in [0, 0.1) is 0 Å². The Morgan fingerprint density at radius 3 is 2.44 bits per heavy atom. The van der Waals surface area contributed by atoms with Crippen LogP contribution >= 0.6 is 15.9 Å². The van der Waals surface area contributed by atoms with Crippen molar-refractivity contribution in [3.63, 3.8) is 0 Å². The molecule has 0 spiro atoms. The van der Waals surface area contributed by atoms with Gasteiger partial charge in [-0.3, -0.25) is 0 Å². The molecule has 0 radical (unpaired) electrons. The topological polar surface area (TPSA) is 57.5 Å². The fraction of sp³-hybridized carbons (Fsp3) is 0.0714. The summed E-state index contributed by atoms with van der Waals surface area (Å²) >= 11 is 3.30. The van der Waals surface area contributed by atoms with E-state index in [4.69, 9.17) is 5.11 Å². The standard InChI is InChI=1S/C14H11BrO3/c15-13-8-10(16)7-12(14(17)18)11(13)6-9-4-2-1-3-5-9/h1-5,7-8,16H,6H2,(H,17,18). The predicted octanol–water partition coefficient (Wildman–Crippen LogP) is 3.44. The predicted molar refractivity (Wildman–Crippen MR) is 72.0 cm³/mol. The monoisotopic (exact) mass is 306 g/mol. The molecule has 2 N–H and O–H groups in total. The molecular weight excluding hydrogens is 296 g/mol. The van der Waals surface area contributed by atoms with E-state index in [0.29, 0.717) is 16.5 Å². The van der Waals surface area contributed by atoms with Gasteiger partial charge in [-0.25, -0.2) is 4.79 Å². The molecule has 0 bridgehead atoms. The highest BCUT2D eigenvalue weighted by Crippen LogP contribution is 2.28. The molecule has 0 saturated heterocycles. The summed E-state index contributed by atoms with van der Waals surface area (Å²) in [6.07, 6.45) is 0.503. The van der Waals surface area contributed by atoms with Gasteiger partial charge in [-0.15, -0.1) is 0 Å². The lowest BCUT2D eigenvalue weighted by Crippen LogP contribution is -2.04. The van der Waals surface area contributed by atoms with Gasteiger partial charge in [0, 0.05) is 4.47 Å². The highest BCUT2D eigenvalue weighted by atomic mass is 79.9. The maximum Gasteiger partial charge on any atom is 0.336 e. The summed E-state index contributed by atoms with van der Waals surface area (Å²) in [7, 11) is 0. The number of hydrogen-bond donors (Lipinski definition) is 2. The molecule has 2 aromatic rings. The number of benzene rings is 2. The smallest absolute Gasteiger partial charge is 0.336 e. The molecule has 2 aromatic carbocycles. The minimum absolute atomic E-state index is 0.0592. The van der Waals surface area contributed by atoms with Crippen molar-refractivity contribution in [1.82, 2.24) is 0 Å². The van der Waals surface area contributed by atoms with Crippen molar-refractivity contribution in [1.29, 1.82) is 0 Å². The molecule has 0 amide bonds. The van der Waals surface area contributed by atoms with Gasteiger partial charge < -0.3 is 10.2 Å². The summed E-state index contributed by atoms with van der Waals surface area (Å²) in [6, 6.07) is 12.4. The summed E-state index contributed by atoms with van der Waals surface area (Å²) in [6.45, 7) is 0. The van der Waals surface area contributed by atoms with Crippen LogP contribution in [0.15, 0.2) is 46.9 Å². The molecule has 3 nitrogen and oxygen atoms in total. The summed E-state index contributed by atoms with van der Waals surface area (Å²) in [5.74, 6) is -1.10. The van der Waals surface area contributed by atoms with Crippen LogP contribution in [-0.2, 0) is 6.42 Å². The van der Waals surface area contributed by atoms with Crippen LogP contribution in [0.3, 0.4) is 0 Å². The van der Waals surface area contributed by atoms with Gasteiger partial charge in [0.25, 0.3) is 0 Å². The van der Waals surface area contributed by atoms with Crippen LogP contribution in [0.25, 0.3) is 0 Å². The molecule has 0 unspecified atom stereocenters. The lowest BCUT2D eigenvalue weighted by Gasteiger charge is -2.09. The number of carbonyl (C=O) groups is 1. The third-order valence-corrected chi connectivity index (χ3v) is 3.34. The molecular formula is C14H11BrO3. The summed E-state index contributed by atoms with van der Waals surface area (Å²) < 4.78 is 0.601. The number of phenolic OH excluding ortho intramolecular Hbond substituents is 1. The van der Waals surface area contributed by atoms with Crippen LogP contribution in [0.1, 0.15) is 21.5 Å². The highest BCUT2D eigenvalue weighted by molar-refractivity contribution is 9.10. The van der Waals surface area contributed by atoms with Crippen molar-refractivity contribution < 1.29 is 15.0 Å².